The number of rotatable bonds is 6. The number of carbonyl (C=O) groups excluding carboxylic acids is 1. The van der Waals surface area contributed by atoms with E-state index in [1.165, 1.54) is 0 Å². The second kappa shape index (κ2) is 6.27. The monoisotopic (exact) mass is 224 g/mol. The molecule has 0 saturated carbocycles. The van der Waals surface area contributed by atoms with Gasteiger partial charge in [0.05, 0.1) is 0 Å². The Morgan fingerprint density at radius 1 is 1.62 bits per heavy atom. The molecule has 0 spiro atoms. The minimum atomic E-state index is -0.0797. The largest absolute Gasteiger partial charge is 0.327 e. The SMILES string of the molecule is CCCc1cc(NC(=O)CC(N)CC)n[nH]1. The number of H-pyrrole nitrogens is 1. The van der Waals surface area contributed by atoms with Gasteiger partial charge in [0.25, 0.3) is 0 Å². The predicted octanol–water partition coefficient (Wildman–Crippen LogP) is 1.43. The number of nitrogens with zero attached hydrogens (tertiary/aromatic N) is 1. The Kier molecular flexibility index (Phi) is 4.98. The number of nitrogens with two attached hydrogens (primary N) is 1. The van der Waals surface area contributed by atoms with Gasteiger partial charge in [-0.05, 0) is 12.8 Å². The Morgan fingerprint density at radius 3 is 3.00 bits per heavy atom. The first-order valence-electron chi connectivity index (χ1n) is 5.75. The van der Waals surface area contributed by atoms with Crippen LogP contribution in [0.25, 0.3) is 0 Å². The molecule has 1 unspecified atom stereocenters. The van der Waals surface area contributed by atoms with E-state index < -0.39 is 0 Å². The predicted molar refractivity (Wildman–Crippen MR) is 64.1 cm³/mol. The van der Waals surface area contributed by atoms with Crippen molar-refractivity contribution in [1.82, 2.24) is 10.2 Å². The summed E-state index contributed by atoms with van der Waals surface area (Å²) in [5.41, 5.74) is 6.73. The van der Waals surface area contributed by atoms with Gasteiger partial charge >= 0.3 is 0 Å². The molecule has 16 heavy (non-hydrogen) atoms. The molecule has 90 valence electrons. The summed E-state index contributed by atoms with van der Waals surface area (Å²) in [6.07, 6.45) is 3.13. The van der Waals surface area contributed by atoms with E-state index in [1.54, 1.807) is 0 Å². The minimum absolute atomic E-state index is 0.0749. The molecule has 1 heterocycles. The molecule has 0 aromatic carbocycles. The van der Waals surface area contributed by atoms with Crippen LogP contribution in [-0.4, -0.2) is 22.1 Å². The van der Waals surface area contributed by atoms with E-state index in [-0.39, 0.29) is 11.9 Å². The first kappa shape index (κ1) is 12.7. The van der Waals surface area contributed by atoms with Crippen molar-refractivity contribution in [3.63, 3.8) is 0 Å². The van der Waals surface area contributed by atoms with Crippen molar-refractivity contribution in [3.8, 4) is 0 Å². The molecular weight excluding hydrogens is 204 g/mol. The van der Waals surface area contributed by atoms with Crippen LogP contribution in [0.1, 0.15) is 38.8 Å². The highest BCUT2D eigenvalue weighted by atomic mass is 16.1. The van der Waals surface area contributed by atoms with Gasteiger partial charge in [0, 0.05) is 24.2 Å². The van der Waals surface area contributed by atoms with Crippen molar-refractivity contribution in [2.24, 2.45) is 5.73 Å². The second-order valence-electron chi connectivity index (χ2n) is 3.95. The van der Waals surface area contributed by atoms with Crippen molar-refractivity contribution in [2.75, 3.05) is 5.32 Å². The minimum Gasteiger partial charge on any atom is -0.327 e. The summed E-state index contributed by atoms with van der Waals surface area (Å²) in [6.45, 7) is 4.06. The summed E-state index contributed by atoms with van der Waals surface area (Å²) >= 11 is 0. The molecule has 4 N–H and O–H groups in total. The third-order valence-corrected chi connectivity index (χ3v) is 2.39. The van der Waals surface area contributed by atoms with Crippen molar-refractivity contribution < 1.29 is 4.79 Å². The lowest BCUT2D eigenvalue weighted by Crippen LogP contribution is -2.26. The van der Waals surface area contributed by atoms with Crippen LogP contribution in [0, 0.1) is 0 Å². The van der Waals surface area contributed by atoms with Crippen LogP contribution < -0.4 is 11.1 Å². The Morgan fingerprint density at radius 2 is 2.38 bits per heavy atom. The number of amides is 1. The highest BCUT2D eigenvalue weighted by Gasteiger charge is 2.09. The fraction of sp³-hybridized carbons (Fsp3) is 0.636. The maximum Gasteiger partial charge on any atom is 0.227 e. The number of nitrogens with one attached hydrogen (secondary N) is 2. The topological polar surface area (TPSA) is 83.8 Å². The summed E-state index contributed by atoms with van der Waals surface area (Å²) < 4.78 is 0. The fourth-order valence-electron chi connectivity index (χ4n) is 1.40. The van der Waals surface area contributed by atoms with Crippen LogP contribution in [0.2, 0.25) is 0 Å². The summed E-state index contributed by atoms with van der Waals surface area (Å²) in [4.78, 5) is 11.5. The molecule has 1 aromatic heterocycles. The van der Waals surface area contributed by atoms with Crippen molar-refractivity contribution in [3.05, 3.63) is 11.8 Å². The number of anilines is 1. The normalized spacial score (nSPS) is 12.4. The molecule has 0 radical (unpaired) electrons. The molecule has 0 saturated heterocycles. The first-order valence-corrected chi connectivity index (χ1v) is 5.75. The molecule has 1 rings (SSSR count). The zero-order valence-corrected chi connectivity index (χ0v) is 9.92. The fourth-order valence-corrected chi connectivity index (χ4v) is 1.40. The van der Waals surface area contributed by atoms with E-state index in [0.29, 0.717) is 12.2 Å². The van der Waals surface area contributed by atoms with Gasteiger partial charge in [-0.25, -0.2) is 0 Å². The number of carbonyl (C=O) groups is 1. The number of aromatic nitrogens is 2. The quantitative estimate of drug-likeness (QED) is 0.683. The van der Waals surface area contributed by atoms with Crippen molar-refractivity contribution in [1.29, 1.82) is 0 Å². The van der Waals surface area contributed by atoms with E-state index in [2.05, 4.69) is 22.4 Å². The zero-order valence-electron chi connectivity index (χ0n) is 9.92. The lowest BCUT2D eigenvalue weighted by atomic mass is 10.1. The van der Waals surface area contributed by atoms with E-state index in [1.807, 2.05) is 13.0 Å². The van der Waals surface area contributed by atoms with Crippen LogP contribution in [-0.2, 0) is 11.2 Å². The van der Waals surface area contributed by atoms with Gasteiger partial charge in [0.15, 0.2) is 5.82 Å². The van der Waals surface area contributed by atoms with Gasteiger partial charge in [-0.2, -0.15) is 5.10 Å². The van der Waals surface area contributed by atoms with Crippen LogP contribution in [0.4, 0.5) is 5.82 Å². The van der Waals surface area contributed by atoms with Gasteiger partial charge in [0.2, 0.25) is 5.91 Å². The number of aryl methyl sites for hydroxylation is 1. The Hall–Kier alpha value is -1.36. The summed E-state index contributed by atoms with van der Waals surface area (Å²) in [7, 11) is 0. The second-order valence-corrected chi connectivity index (χ2v) is 3.95. The maximum absolute atomic E-state index is 11.5. The number of aromatic amines is 1. The molecule has 5 nitrogen and oxygen atoms in total. The maximum atomic E-state index is 11.5. The molecule has 1 aromatic rings. The van der Waals surface area contributed by atoms with Crippen molar-refractivity contribution in [2.45, 2.75) is 45.6 Å². The van der Waals surface area contributed by atoms with Gasteiger partial charge in [-0.15, -0.1) is 0 Å². The lowest BCUT2D eigenvalue weighted by molar-refractivity contribution is -0.116. The summed E-state index contributed by atoms with van der Waals surface area (Å²) in [5, 5.41) is 9.62. The van der Waals surface area contributed by atoms with Crippen LogP contribution in [0.3, 0.4) is 0 Å². The molecule has 5 heteroatoms. The Labute approximate surface area is 95.8 Å². The molecule has 1 amide bonds. The first-order chi connectivity index (χ1) is 7.65. The van der Waals surface area contributed by atoms with Gasteiger partial charge in [0.1, 0.15) is 0 Å². The van der Waals surface area contributed by atoms with Gasteiger partial charge in [-0.1, -0.05) is 20.3 Å². The molecule has 0 aliphatic heterocycles. The van der Waals surface area contributed by atoms with Gasteiger partial charge in [-0.3, -0.25) is 9.89 Å². The smallest absolute Gasteiger partial charge is 0.227 e. The van der Waals surface area contributed by atoms with Crippen molar-refractivity contribution >= 4 is 11.7 Å². The molecule has 0 fully saturated rings. The highest BCUT2D eigenvalue weighted by Crippen LogP contribution is 2.08. The summed E-state index contributed by atoms with van der Waals surface area (Å²) in [5.74, 6) is 0.501. The molecule has 0 aliphatic rings. The number of hydrogen-bond acceptors (Lipinski definition) is 3. The Balaban J connectivity index is 2.43. The van der Waals surface area contributed by atoms with Crippen LogP contribution in [0.5, 0.6) is 0 Å². The Bertz CT molecular complexity index is 334. The van der Waals surface area contributed by atoms with E-state index in [9.17, 15) is 4.79 Å². The molecule has 0 aliphatic carbocycles. The molecular formula is C11H20N4O. The third kappa shape index (κ3) is 4.02. The van der Waals surface area contributed by atoms with Crippen LogP contribution >= 0.6 is 0 Å². The lowest BCUT2D eigenvalue weighted by Gasteiger charge is -2.07. The highest BCUT2D eigenvalue weighted by molar-refractivity contribution is 5.90. The molecule has 1 atom stereocenters. The standard InChI is InChI=1S/C11H20N4O/c1-3-5-9-7-10(15-14-9)13-11(16)6-8(12)4-2/h7-8H,3-6,12H2,1-2H3,(H2,13,14,15,16). The van der Waals surface area contributed by atoms with E-state index in [4.69, 9.17) is 5.73 Å². The van der Waals surface area contributed by atoms with Crippen LogP contribution in [0.15, 0.2) is 6.07 Å². The zero-order chi connectivity index (χ0) is 12.0. The van der Waals surface area contributed by atoms with Gasteiger partial charge < -0.3 is 11.1 Å². The summed E-state index contributed by atoms with van der Waals surface area (Å²) in [6, 6.07) is 1.79. The average Bonchev–Trinajstić information content (AvgIpc) is 2.65. The third-order valence-electron chi connectivity index (χ3n) is 2.39. The van der Waals surface area contributed by atoms with E-state index in [0.717, 1.165) is 25.0 Å². The van der Waals surface area contributed by atoms with E-state index >= 15 is 0 Å². The average molecular weight is 224 g/mol. The molecule has 0 bridgehead atoms. The number of hydrogen-bond donors (Lipinski definition) is 3.